The van der Waals surface area contributed by atoms with Crippen molar-refractivity contribution in [3.8, 4) is 11.5 Å². The van der Waals surface area contributed by atoms with E-state index in [0.29, 0.717) is 12.8 Å². The number of fused-ring (bicyclic) bond motifs is 1. The van der Waals surface area contributed by atoms with Gasteiger partial charge in [-0.25, -0.2) is 0 Å². The Hall–Kier alpha value is -0.740. The Labute approximate surface area is 97.9 Å². The maximum atomic E-state index is 5.35. The molecular formula is C11H14BrNO2. The molecule has 0 amide bonds. The van der Waals surface area contributed by atoms with Crippen molar-refractivity contribution >= 4 is 15.9 Å². The number of hydrogen-bond acceptors (Lipinski definition) is 3. The Morgan fingerprint density at radius 2 is 2.20 bits per heavy atom. The molecule has 0 spiro atoms. The van der Waals surface area contributed by atoms with Crippen LogP contribution in [0.25, 0.3) is 0 Å². The van der Waals surface area contributed by atoms with E-state index in [1.807, 2.05) is 6.07 Å². The van der Waals surface area contributed by atoms with Crippen LogP contribution >= 0.6 is 15.9 Å². The molecule has 1 aliphatic heterocycles. The molecule has 1 N–H and O–H groups in total. The molecule has 0 unspecified atom stereocenters. The molecule has 3 nitrogen and oxygen atoms in total. The minimum Gasteiger partial charge on any atom is -0.454 e. The summed E-state index contributed by atoms with van der Waals surface area (Å²) in [5.41, 5.74) is 1.19. The first-order valence-electron chi connectivity index (χ1n) is 4.98. The van der Waals surface area contributed by atoms with Gasteiger partial charge in [-0.2, -0.15) is 0 Å². The lowest BCUT2D eigenvalue weighted by Gasteiger charge is -2.09. The van der Waals surface area contributed by atoms with Crippen molar-refractivity contribution in [2.45, 2.75) is 26.4 Å². The van der Waals surface area contributed by atoms with Crippen LogP contribution in [0.3, 0.4) is 0 Å². The summed E-state index contributed by atoms with van der Waals surface area (Å²) in [6.07, 6.45) is 0. The van der Waals surface area contributed by atoms with Crippen LogP contribution in [0.4, 0.5) is 0 Å². The molecule has 0 bridgehead atoms. The Kier molecular flexibility index (Phi) is 3.17. The predicted molar refractivity (Wildman–Crippen MR) is 62.2 cm³/mol. The topological polar surface area (TPSA) is 30.5 Å². The van der Waals surface area contributed by atoms with Gasteiger partial charge in [0.2, 0.25) is 6.79 Å². The highest BCUT2D eigenvalue weighted by molar-refractivity contribution is 9.10. The van der Waals surface area contributed by atoms with Crippen LogP contribution in [0.1, 0.15) is 19.4 Å². The van der Waals surface area contributed by atoms with E-state index in [1.165, 1.54) is 5.56 Å². The van der Waals surface area contributed by atoms with Gasteiger partial charge in [0, 0.05) is 12.6 Å². The average Bonchev–Trinajstić information content (AvgIpc) is 2.63. The van der Waals surface area contributed by atoms with Crippen molar-refractivity contribution in [3.63, 3.8) is 0 Å². The van der Waals surface area contributed by atoms with Gasteiger partial charge in [-0.05, 0) is 33.6 Å². The second kappa shape index (κ2) is 4.41. The van der Waals surface area contributed by atoms with Crippen LogP contribution in [0.2, 0.25) is 0 Å². The maximum absolute atomic E-state index is 5.35. The average molecular weight is 272 g/mol. The first-order chi connectivity index (χ1) is 7.16. The van der Waals surface area contributed by atoms with E-state index in [9.17, 15) is 0 Å². The highest BCUT2D eigenvalue weighted by atomic mass is 79.9. The number of ether oxygens (including phenoxy) is 2. The van der Waals surface area contributed by atoms with Crippen LogP contribution in [0, 0.1) is 0 Å². The monoisotopic (exact) mass is 271 g/mol. The summed E-state index contributed by atoms with van der Waals surface area (Å²) in [6, 6.07) is 4.56. The van der Waals surface area contributed by atoms with Crippen LogP contribution in [0.5, 0.6) is 11.5 Å². The molecule has 0 fully saturated rings. The number of halogens is 1. The molecule has 0 radical (unpaired) electrons. The Morgan fingerprint density at radius 1 is 1.40 bits per heavy atom. The SMILES string of the molecule is CC(C)NCc1cc(Br)c2c(c1)OCO2. The van der Waals surface area contributed by atoms with E-state index in [1.54, 1.807) is 0 Å². The van der Waals surface area contributed by atoms with Gasteiger partial charge in [0.05, 0.1) is 4.47 Å². The number of benzene rings is 1. The predicted octanol–water partition coefficient (Wildman–Crippen LogP) is 2.68. The zero-order chi connectivity index (χ0) is 10.8. The van der Waals surface area contributed by atoms with Crippen LogP contribution in [-0.2, 0) is 6.54 Å². The molecule has 0 saturated heterocycles. The summed E-state index contributed by atoms with van der Waals surface area (Å²) in [6.45, 7) is 5.41. The van der Waals surface area contributed by atoms with Gasteiger partial charge in [0.15, 0.2) is 11.5 Å². The molecule has 15 heavy (non-hydrogen) atoms. The summed E-state index contributed by atoms with van der Waals surface area (Å²) in [7, 11) is 0. The van der Waals surface area contributed by atoms with E-state index in [-0.39, 0.29) is 0 Å². The fourth-order valence-corrected chi connectivity index (χ4v) is 2.05. The van der Waals surface area contributed by atoms with Crippen molar-refractivity contribution in [1.82, 2.24) is 5.32 Å². The largest absolute Gasteiger partial charge is 0.454 e. The molecule has 0 saturated carbocycles. The molecule has 4 heteroatoms. The second-order valence-electron chi connectivity index (χ2n) is 3.85. The van der Waals surface area contributed by atoms with Gasteiger partial charge in [-0.3, -0.25) is 0 Å². The van der Waals surface area contributed by atoms with Crippen molar-refractivity contribution in [3.05, 3.63) is 22.2 Å². The third-order valence-electron chi connectivity index (χ3n) is 2.20. The normalized spacial score (nSPS) is 13.6. The second-order valence-corrected chi connectivity index (χ2v) is 4.70. The third-order valence-corrected chi connectivity index (χ3v) is 2.79. The van der Waals surface area contributed by atoms with Gasteiger partial charge >= 0.3 is 0 Å². The van der Waals surface area contributed by atoms with Crippen molar-refractivity contribution < 1.29 is 9.47 Å². The minimum absolute atomic E-state index is 0.314. The van der Waals surface area contributed by atoms with E-state index in [0.717, 1.165) is 22.5 Å². The minimum atomic E-state index is 0.314. The lowest BCUT2D eigenvalue weighted by atomic mass is 10.2. The Bertz CT molecular complexity index is 366. The lowest BCUT2D eigenvalue weighted by Crippen LogP contribution is -2.21. The molecule has 82 valence electrons. The summed E-state index contributed by atoms with van der Waals surface area (Å²) in [4.78, 5) is 0. The zero-order valence-corrected chi connectivity index (χ0v) is 10.4. The zero-order valence-electron chi connectivity index (χ0n) is 8.84. The highest BCUT2D eigenvalue weighted by Gasteiger charge is 2.17. The smallest absolute Gasteiger partial charge is 0.231 e. The maximum Gasteiger partial charge on any atom is 0.231 e. The standard InChI is InChI=1S/C11H14BrNO2/c1-7(2)13-5-8-3-9(12)11-10(4-8)14-6-15-11/h3-4,7,13H,5-6H2,1-2H3. The summed E-state index contributed by atoms with van der Waals surface area (Å²) in [5, 5.41) is 3.36. The molecule has 0 aliphatic carbocycles. The van der Waals surface area contributed by atoms with Crippen LogP contribution < -0.4 is 14.8 Å². The molecule has 0 aromatic heterocycles. The fourth-order valence-electron chi connectivity index (χ4n) is 1.44. The molecule has 0 atom stereocenters. The fraction of sp³-hybridized carbons (Fsp3) is 0.455. The first kappa shape index (κ1) is 10.8. The van der Waals surface area contributed by atoms with Gasteiger partial charge in [0.25, 0.3) is 0 Å². The summed E-state index contributed by atoms with van der Waals surface area (Å²) in [5.74, 6) is 1.63. The highest BCUT2D eigenvalue weighted by Crippen LogP contribution is 2.39. The third kappa shape index (κ3) is 2.44. The van der Waals surface area contributed by atoms with Gasteiger partial charge in [-0.1, -0.05) is 13.8 Å². The molecule has 1 heterocycles. The van der Waals surface area contributed by atoms with Crippen molar-refractivity contribution in [2.24, 2.45) is 0 Å². The van der Waals surface area contributed by atoms with Crippen molar-refractivity contribution in [1.29, 1.82) is 0 Å². The van der Waals surface area contributed by atoms with Gasteiger partial charge in [-0.15, -0.1) is 0 Å². The van der Waals surface area contributed by atoms with Gasteiger partial charge < -0.3 is 14.8 Å². The van der Waals surface area contributed by atoms with E-state index >= 15 is 0 Å². The quantitative estimate of drug-likeness (QED) is 0.917. The Morgan fingerprint density at radius 3 is 2.93 bits per heavy atom. The Balaban J connectivity index is 2.16. The van der Waals surface area contributed by atoms with E-state index in [2.05, 4.69) is 41.2 Å². The van der Waals surface area contributed by atoms with E-state index < -0.39 is 0 Å². The van der Waals surface area contributed by atoms with Crippen molar-refractivity contribution in [2.75, 3.05) is 6.79 Å². The molecular weight excluding hydrogens is 258 g/mol. The summed E-state index contributed by atoms with van der Waals surface area (Å²) >= 11 is 3.47. The molecule has 1 aliphatic rings. The molecule has 1 aromatic carbocycles. The van der Waals surface area contributed by atoms with Crippen LogP contribution in [-0.4, -0.2) is 12.8 Å². The number of rotatable bonds is 3. The van der Waals surface area contributed by atoms with Crippen LogP contribution in [0.15, 0.2) is 16.6 Å². The lowest BCUT2D eigenvalue weighted by molar-refractivity contribution is 0.173. The molecule has 1 aromatic rings. The van der Waals surface area contributed by atoms with Gasteiger partial charge in [0.1, 0.15) is 0 Å². The van der Waals surface area contributed by atoms with E-state index in [4.69, 9.17) is 9.47 Å². The molecule has 2 rings (SSSR count). The number of hydrogen-bond donors (Lipinski definition) is 1. The number of nitrogens with one attached hydrogen (secondary N) is 1. The summed E-state index contributed by atoms with van der Waals surface area (Å²) < 4.78 is 11.6. The first-order valence-corrected chi connectivity index (χ1v) is 5.77.